The Morgan fingerprint density at radius 2 is 1.54 bits per heavy atom. The van der Waals surface area contributed by atoms with Crippen molar-refractivity contribution in [2.75, 3.05) is 6.54 Å². The van der Waals surface area contributed by atoms with Gasteiger partial charge in [-0.3, -0.25) is 24.5 Å². The van der Waals surface area contributed by atoms with Gasteiger partial charge in [0.2, 0.25) is 11.7 Å². The Balaban J connectivity index is 2.33. The molecule has 6 nitrogen and oxygen atoms in total. The van der Waals surface area contributed by atoms with Crippen LogP contribution in [0, 0.1) is 10.1 Å². The molecule has 1 N–H and O–H groups in total. The van der Waals surface area contributed by atoms with Crippen molar-refractivity contribution in [2.24, 2.45) is 0 Å². The van der Waals surface area contributed by atoms with Crippen molar-refractivity contribution in [2.45, 2.75) is 5.92 Å². The molecular weight excluding hydrogens is 355 g/mol. The molecule has 2 aromatic carbocycles. The monoisotopic (exact) mass is 366 g/mol. The maximum absolute atomic E-state index is 12.1. The molecule has 0 aromatic heterocycles. The van der Waals surface area contributed by atoms with Gasteiger partial charge in [-0.15, -0.1) is 0 Å². The molecule has 0 fully saturated rings. The molecule has 0 heterocycles. The van der Waals surface area contributed by atoms with Gasteiger partial charge in [-0.25, -0.2) is 0 Å². The van der Waals surface area contributed by atoms with Crippen LogP contribution in [0.25, 0.3) is 0 Å². The fraction of sp³-hybridized carbons (Fsp3) is 0.125. The van der Waals surface area contributed by atoms with Gasteiger partial charge < -0.3 is 0 Å². The molecule has 1 unspecified atom stereocenters. The van der Waals surface area contributed by atoms with E-state index in [1.807, 2.05) is 0 Å². The molecule has 0 spiro atoms. The van der Waals surface area contributed by atoms with Gasteiger partial charge in [0.1, 0.15) is 0 Å². The molecule has 0 saturated heterocycles. The molecule has 2 rings (SSSR count). The number of nitrogens with one attached hydrogen (secondary N) is 1. The van der Waals surface area contributed by atoms with E-state index in [0.717, 1.165) is 0 Å². The van der Waals surface area contributed by atoms with Gasteiger partial charge in [-0.2, -0.15) is 0 Å². The van der Waals surface area contributed by atoms with Crippen LogP contribution in [0.2, 0.25) is 5.02 Å². The number of benzene rings is 2. The molecule has 0 aliphatic carbocycles. The van der Waals surface area contributed by atoms with Gasteiger partial charge in [0.05, 0.1) is 5.92 Å². The van der Waals surface area contributed by atoms with Crippen LogP contribution in [0.5, 0.6) is 0 Å². The predicted molar refractivity (Wildman–Crippen MR) is 89.9 cm³/mol. The number of nitrogens with zero attached hydrogens (tertiary/aromatic N) is 1. The van der Waals surface area contributed by atoms with Gasteiger partial charge >= 0.3 is 0 Å². The van der Waals surface area contributed by atoms with Crippen LogP contribution in [0.1, 0.15) is 27.4 Å². The Morgan fingerprint density at radius 3 is 2.00 bits per heavy atom. The van der Waals surface area contributed by atoms with Crippen LogP contribution in [-0.4, -0.2) is 23.2 Å². The lowest BCUT2D eigenvalue weighted by molar-refractivity contribution is -0.465. The summed E-state index contributed by atoms with van der Waals surface area (Å²) in [6.07, 6.45) is 0. The third-order valence-corrected chi connectivity index (χ3v) is 3.84. The summed E-state index contributed by atoms with van der Waals surface area (Å²) in [5.41, 5.74) is 1.46. The summed E-state index contributed by atoms with van der Waals surface area (Å²) in [7, 11) is 0. The SMILES string of the molecule is O=C(C[N+](=O)[O-])c1ccc(C(C(=O)NCl)c2ccc(Cl)cc2)cc1. The summed E-state index contributed by atoms with van der Waals surface area (Å²) in [5, 5.41) is 10.9. The van der Waals surface area contributed by atoms with E-state index in [-0.39, 0.29) is 5.56 Å². The van der Waals surface area contributed by atoms with E-state index >= 15 is 0 Å². The molecule has 8 heteroatoms. The van der Waals surface area contributed by atoms with E-state index in [4.69, 9.17) is 23.4 Å². The van der Waals surface area contributed by atoms with Crippen molar-refractivity contribution >= 4 is 35.1 Å². The van der Waals surface area contributed by atoms with Gasteiger partial charge in [-0.05, 0) is 23.3 Å². The lowest BCUT2D eigenvalue weighted by Crippen LogP contribution is -2.23. The van der Waals surface area contributed by atoms with Crippen molar-refractivity contribution < 1.29 is 14.5 Å². The number of Topliss-reactive ketones (excluding diaryl/α,β-unsaturated/α-hetero) is 1. The van der Waals surface area contributed by atoms with Crippen molar-refractivity contribution in [1.29, 1.82) is 0 Å². The van der Waals surface area contributed by atoms with Crippen molar-refractivity contribution in [3.63, 3.8) is 0 Å². The summed E-state index contributed by atoms with van der Waals surface area (Å²) in [6, 6.07) is 12.7. The highest BCUT2D eigenvalue weighted by Crippen LogP contribution is 2.27. The lowest BCUT2D eigenvalue weighted by Gasteiger charge is -2.16. The van der Waals surface area contributed by atoms with Crippen LogP contribution < -0.4 is 4.84 Å². The minimum absolute atomic E-state index is 0.205. The van der Waals surface area contributed by atoms with E-state index in [1.165, 1.54) is 12.1 Å². The average molecular weight is 367 g/mol. The molecular formula is C16H12Cl2N2O4. The molecule has 24 heavy (non-hydrogen) atoms. The summed E-state index contributed by atoms with van der Waals surface area (Å²) in [6.45, 7) is -0.776. The zero-order valence-electron chi connectivity index (χ0n) is 12.2. The second kappa shape index (κ2) is 7.90. The molecule has 0 aliphatic rings. The number of carbonyl (C=O) groups is 2. The van der Waals surface area contributed by atoms with Crippen molar-refractivity contribution in [3.05, 3.63) is 80.4 Å². The Kier molecular flexibility index (Phi) is 5.89. The number of ketones is 1. The summed E-state index contributed by atoms with van der Waals surface area (Å²) < 4.78 is 0. The van der Waals surface area contributed by atoms with Crippen LogP contribution in [0.3, 0.4) is 0 Å². The fourth-order valence-corrected chi connectivity index (χ4v) is 2.51. The third-order valence-electron chi connectivity index (χ3n) is 3.40. The maximum atomic E-state index is 12.1. The zero-order valence-corrected chi connectivity index (χ0v) is 13.8. The Bertz CT molecular complexity index is 761. The Morgan fingerprint density at radius 1 is 1.04 bits per heavy atom. The first-order valence-corrected chi connectivity index (χ1v) is 7.59. The van der Waals surface area contributed by atoms with Crippen molar-refractivity contribution in [1.82, 2.24) is 4.84 Å². The predicted octanol–water partition coefficient (Wildman–Crippen LogP) is 3.20. The van der Waals surface area contributed by atoms with E-state index in [2.05, 4.69) is 4.84 Å². The molecule has 0 saturated carbocycles. The first-order chi connectivity index (χ1) is 11.4. The lowest BCUT2D eigenvalue weighted by atomic mass is 9.90. The highest BCUT2D eigenvalue weighted by atomic mass is 35.5. The largest absolute Gasteiger partial charge is 0.287 e. The van der Waals surface area contributed by atoms with E-state index in [9.17, 15) is 19.7 Å². The highest BCUT2D eigenvalue weighted by molar-refractivity contribution is 6.30. The second-order valence-corrected chi connectivity index (χ2v) is 5.60. The van der Waals surface area contributed by atoms with Crippen molar-refractivity contribution in [3.8, 4) is 0 Å². The standard InChI is InChI=1S/C16H12Cl2N2O4/c17-13-7-5-12(6-8-13)15(16(22)19-18)11-3-1-10(2-4-11)14(21)9-20(23)24/h1-8,15H,9H2,(H,19,22). The third kappa shape index (κ3) is 4.31. The number of hydrogen-bond donors (Lipinski definition) is 1. The summed E-state index contributed by atoms with van der Waals surface area (Å²) in [4.78, 5) is 35.6. The van der Waals surface area contributed by atoms with Gasteiger partial charge in [0.25, 0.3) is 6.54 Å². The molecule has 0 radical (unpaired) electrons. The quantitative estimate of drug-likeness (QED) is 0.368. The Hall–Kier alpha value is -2.44. The van der Waals surface area contributed by atoms with Crippen LogP contribution in [0.4, 0.5) is 0 Å². The molecule has 1 atom stereocenters. The van der Waals surface area contributed by atoms with E-state index < -0.39 is 29.1 Å². The second-order valence-electron chi connectivity index (χ2n) is 4.98. The van der Waals surface area contributed by atoms with E-state index in [1.54, 1.807) is 36.4 Å². The maximum Gasteiger partial charge on any atom is 0.265 e. The van der Waals surface area contributed by atoms with E-state index in [0.29, 0.717) is 16.1 Å². The number of rotatable bonds is 6. The zero-order chi connectivity index (χ0) is 17.7. The normalized spacial score (nSPS) is 11.6. The minimum atomic E-state index is -0.776. The minimum Gasteiger partial charge on any atom is -0.287 e. The first-order valence-electron chi connectivity index (χ1n) is 6.83. The summed E-state index contributed by atoms with van der Waals surface area (Å²) >= 11 is 11.3. The fourth-order valence-electron chi connectivity index (χ4n) is 2.27. The van der Waals surface area contributed by atoms with Gasteiger partial charge in [-0.1, -0.05) is 48.0 Å². The topological polar surface area (TPSA) is 89.3 Å². The van der Waals surface area contributed by atoms with Crippen LogP contribution in [-0.2, 0) is 4.79 Å². The molecule has 124 valence electrons. The molecule has 1 amide bonds. The molecule has 0 bridgehead atoms. The number of halogens is 2. The van der Waals surface area contributed by atoms with Crippen LogP contribution >= 0.6 is 23.4 Å². The van der Waals surface area contributed by atoms with Gasteiger partial charge in [0.15, 0.2) is 0 Å². The summed E-state index contributed by atoms with van der Waals surface area (Å²) in [5.74, 6) is -1.74. The number of nitro groups is 1. The number of amides is 1. The average Bonchev–Trinajstić information content (AvgIpc) is 2.56. The number of hydrogen-bond acceptors (Lipinski definition) is 4. The first kappa shape index (κ1) is 17.9. The number of carbonyl (C=O) groups excluding carboxylic acids is 2. The molecule has 0 aliphatic heterocycles. The highest BCUT2D eigenvalue weighted by Gasteiger charge is 2.23. The Labute approximate surface area is 147 Å². The molecule has 2 aromatic rings. The smallest absolute Gasteiger partial charge is 0.265 e. The van der Waals surface area contributed by atoms with Gasteiger partial charge in [0, 0.05) is 27.3 Å². The van der Waals surface area contributed by atoms with Crippen LogP contribution in [0.15, 0.2) is 48.5 Å².